The summed E-state index contributed by atoms with van der Waals surface area (Å²) in [5.41, 5.74) is 4.94. The molecule has 0 radical (unpaired) electrons. The molecule has 0 saturated carbocycles. The van der Waals surface area contributed by atoms with Crippen molar-refractivity contribution in [1.29, 1.82) is 0 Å². The molecule has 0 aliphatic heterocycles. The van der Waals surface area contributed by atoms with Crippen LogP contribution in [-0.4, -0.2) is 40.9 Å². The van der Waals surface area contributed by atoms with Crippen LogP contribution >= 0.6 is 0 Å². The quantitative estimate of drug-likeness (QED) is 0.618. The van der Waals surface area contributed by atoms with Gasteiger partial charge in [-0.15, -0.1) is 0 Å². The van der Waals surface area contributed by atoms with Gasteiger partial charge in [0.05, 0.1) is 25.2 Å². The topological polar surface area (TPSA) is 125 Å². The zero-order chi connectivity index (χ0) is 16.0. The van der Waals surface area contributed by atoms with Crippen molar-refractivity contribution in [2.75, 3.05) is 14.2 Å². The molecular weight excluding hydrogens is 300 g/mol. The van der Waals surface area contributed by atoms with E-state index in [1.165, 1.54) is 32.4 Å². The van der Waals surface area contributed by atoms with E-state index < -0.39 is 28.4 Å². The van der Waals surface area contributed by atoms with Gasteiger partial charge in [-0.05, 0) is 12.1 Å². The third kappa shape index (κ3) is 4.43. The first-order valence-electron chi connectivity index (χ1n) is 5.82. The number of aldehydes is 1. The average molecular weight is 316 g/mol. The van der Waals surface area contributed by atoms with E-state index in [4.69, 9.17) is 15.2 Å². The lowest BCUT2D eigenvalue weighted by Gasteiger charge is -2.13. The molecule has 3 N–H and O–H groups in total. The Kier molecular flexibility index (Phi) is 5.68. The number of nitrogens with one attached hydrogen (secondary N) is 1. The van der Waals surface area contributed by atoms with E-state index in [-0.39, 0.29) is 10.6 Å². The van der Waals surface area contributed by atoms with Crippen molar-refractivity contribution < 1.29 is 27.5 Å². The maximum atomic E-state index is 12.1. The predicted molar refractivity (Wildman–Crippen MR) is 73.5 cm³/mol. The van der Waals surface area contributed by atoms with Crippen LogP contribution < -0.4 is 19.9 Å². The lowest BCUT2D eigenvalue weighted by Crippen LogP contribution is -2.38. The molecule has 0 aliphatic rings. The Hall–Kier alpha value is -2.13. The van der Waals surface area contributed by atoms with Gasteiger partial charge >= 0.3 is 0 Å². The van der Waals surface area contributed by atoms with Gasteiger partial charge < -0.3 is 20.0 Å². The summed E-state index contributed by atoms with van der Waals surface area (Å²) in [5, 5.41) is 0. The Morgan fingerprint density at radius 1 is 1.33 bits per heavy atom. The van der Waals surface area contributed by atoms with Crippen molar-refractivity contribution in [1.82, 2.24) is 4.72 Å². The van der Waals surface area contributed by atoms with E-state index in [9.17, 15) is 18.0 Å². The molecule has 1 aromatic rings. The second-order valence-corrected chi connectivity index (χ2v) is 5.77. The third-order valence-corrected chi connectivity index (χ3v) is 4.04. The second kappa shape index (κ2) is 7.04. The number of primary amides is 1. The fraction of sp³-hybridized carbons (Fsp3) is 0.333. The van der Waals surface area contributed by atoms with Crippen molar-refractivity contribution >= 4 is 22.2 Å². The van der Waals surface area contributed by atoms with Crippen LogP contribution in [0.25, 0.3) is 0 Å². The van der Waals surface area contributed by atoms with Gasteiger partial charge in [0.1, 0.15) is 6.29 Å². The molecule has 1 atom stereocenters. The number of nitrogens with two attached hydrogens (primary N) is 1. The summed E-state index contributed by atoms with van der Waals surface area (Å²) in [6, 6.07) is 2.72. The Morgan fingerprint density at radius 3 is 2.43 bits per heavy atom. The molecule has 0 aliphatic carbocycles. The maximum Gasteiger partial charge on any atom is 0.241 e. The van der Waals surface area contributed by atoms with Crippen LogP contribution in [0.1, 0.15) is 6.42 Å². The number of carbonyl (C=O) groups is 2. The zero-order valence-electron chi connectivity index (χ0n) is 11.5. The van der Waals surface area contributed by atoms with E-state index in [0.717, 1.165) is 0 Å². The molecular formula is C12H16N2O6S. The number of hydrogen-bond donors (Lipinski definition) is 2. The molecule has 0 aromatic heterocycles. The van der Waals surface area contributed by atoms with Gasteiger partial charge in [-0.1, -0.05) is 0 Å². The van der Waals surface area contributed by atoms with E-state index in [1.54, 1.807) is 0 Å². The predicted octanol–water partition coefficient (Wildman–Crippen LogP) is -0.575. The first-order valence-corrected chi connectivity index (χ1v) is 7.30. The molecule has 0 bridgehead atoms. The average Bonchev–Trinajstić information content (AvgIpc) is 2.44. The smallest absolute Gasteiger partial charge is 0.241 e. The van der Waals surface area contributed by atoms with Crippen LogP contribution in [0.4, 0.5) is 0 Å². The lowest BCUT2D eigenvalue weighted by atomic mass is 10.2. The number of methoxy groups -OCH3 is 2. The van der Waals surface area contributed by atoms with Crippen LogP contribution in [0.2, 0.25) is 0 Å². The molecule has 0 spiro atoms. The molecule has 0 fully saturated rings. The molecule has 116 valence electrons. The Balaban J connectivity index is 3.07. The van der Waals surface area contributed by atoms with E-state index >= 15 is 0 Å². The summed E-state index contributed by atoms with van der Waals surface area (Å²) < 4.78 is 36.4. The largest absolute Gasteiger partial charge is 0.493 e. The summed E-state index contributed by atoms with van der Waals surface area (Å²) in [5.74, 6) is -0.208. The Bertz CT molecular complexity index is 629. The number of amides is 1. The molecule has 0 saturated heterocycles. The summed E-state index contributed by atoms with van der Waals surface area (Å²) in [6.45, 7) is 0. The van der Waals surface area contributed by atoms with Gasteiger partial charge in [0.2, 0.25) is 15.9 Å². The minimum atomic E-state index is -4.00. The maximum absolute atomic E-state index is 12.1. The number of hydrogen-bond acceptors (Lipinski definition) is 6. The van der Waals surface area contributed by atoms with Gasteiger partial charge in [0, 0.05) is 12.5 Å². The first kappa shape index (κ1) is 16.9. The molecule has 9 heteroatoms. The molecule has 0 unspecified atom stereocenters. The van der Waals surface area contributed by atoms with Gasteiger partial charge in [-0.2, -0.15) is 0 Å². The lowest BCUT2D eigenvalue weighted by molar-refractivity contribution is -0.120. The number of ether oxygens (including phenoxy) is 2. The molecule has 21 heavy (non-hydrogen) atoms. The van der Waals surface area contributed by atoms with Crippen LogP contribution in [0.3, 0.4) is 0 Å². The first-order chi connectivity index (χ1) is 9.83. The molecule has 1 rings (SSSR count). The van der Waals surface area contributed by atoms with Gasteiger partial charge in [-0.3, -0.25) is 4.79 Å². The third-order valence-electron chi connectivity index (χ3n) is 2.56. The van der Waals surface area contributed by atoms with Crippen LogP contribution in [0.15, 0.2) is 23.1 Å². The number of benzene rings is 1. The fourth-order valence-electron chi connectivity index (χ4n) is 1.59. The van der Waals surface area contributed by atoms with Crippen molar-refractivity contribution in [3.63, 3.8) is 0 Å². The normalized spacial score (nSPS) is 12.5. The highest BCUT2D eigenvalue weighted by Crippen LogP contribution is 2.29. The summed E-state index contributed by atoms with van der Waals surface area (Å²) >= 11 is 0. The highest BCUT2D eigenvalue weighted by Gasteiger charge is 2.22. The monoisotopic (exact) mass is 316 g/mol. The Morgan fingerprint density at radius 2 is 1.95 bits per heavy atom. The SMILES string of the molecule is COc1ccc(S(=O)(=O)N[C@H](C=O)CC(N)=O)cc1OC. The van der Waals surface area contributed by atoms with Crippen molar-refractivity contribution in [3.8, 4) is 11.5 Å². The molecule has 8 nitrogen and oxygen atoms in total. The summed E-state index contributed by atoms with van der Waals surface area (Å²) in [7, 11) is -1.22. The molecule has 1 aromatic carbocycles. The zero-order valence-corrected chi connectivity index (χ0v) is 12.3. The van der Waals surface area contributed by atoms with Gasteiger partial charge in [0.15, 0.2) is 11.5 Å². The van der Waals surface area contributed by atoms with E-state index in [0.29, 0.717) is 12.0 Å². The minimum absolute atomic E-state index is 0.128. The van der Waals surface area contributed by atoms with Crippen LogP contribution in [0, 0.1) is 0 Å². The van der Waals surface area contributed by atoms with Crippen molar-refractivity contribution in [3.05, 3.63) is 18.2 Å². The Labute approximate surface area is 122 Å². The van der Waals surface area contributed by atoms with Crippen molar-refractivity contribution in [2.45, 2.75) is 17.4 Å². The van der Waals surface area contributed by atoms with Gasteiger partial charge in [0.25, 0.3) is 0 Å². The van der Waals surface area contributed by atoms with E-state index in [2.05, 4.69) is 4.72 Å². The highest BCUT2D eigenvalue weighted by molar-refractivity contribution is 7.89. The van der Waals surface area contributed by atoms with Crippen LogP contribution in [0.5, 0.6) is 11.5 Å². The molecule has 0 heterocycles. The number of rotatable bonds is 8. The van der Waals surface area contributed by atoms with Crippen molar-refractivity contribution in [2.24, 2.45) is 5.73 Å². The van der Waals surface area contributed by atoms with Gasteiger partial charge in [-0.25, -0.2) is 13.1 Å². The molecule has 1 amide bonds. The second-order valence-electron chi connectivity index (χ2n) is 4.05. The number of sulfonamides is 1. The van der Waals surface area contributed by atoms with E-state index in [1.807, 2.05) is 0 Å². The highest BCUT2D eigenvalue weighted by atomic mass is 32.2. The summed E-state index contributed by atoms with van der Waals surface area (Å²) in [6.07, 6.45) is -0.112. The standard InChI is InChI=1S/C12H16N2O6S/c1-19-10-4-3-9(6-11(10)20-2)21(17,18)14-8(7-15)5-12(13)16/h3-4,6-8,14H,5H2,1-2H3,(H2,13,16)/t8-/m0/s1. The fourth-order valence-corrected chi connectivity index (χ4v) is 2.77. The summed E-state index contributed by atoms with van der Waals surface area (Å²) in [4.78, 5) is 21.4. The minimum Gasteiger partial charge on any atom is -0.493 e. The number of carbonyl (C=O) groups excluding carboxylic acids is 2. The van der Waals surface area contributed by atoms with Crippen LogP contribution in [-0.2, 0) is 19.6 Å².